The Hall–Kier alpha value is -1.04. The number of aryl methyl sites for hydroxylation is 2. The lowest BCUT2D eigenvalue weighted by molar-refractivity contribution is -0.149. The minimum Gasteiger partial charge on any atom is -0.392 e. The van der Waals surface area contributed by atoms with Crippen molar-refractivity contribution < 1.29 is 9.84 Å². The van der Waals surface area contributed by atoms with Gasteiger partial charge < -0.3 is 15.2 Å². The number of hydrogen-bond acceptors (Lipinski definition) is 5. The lowest BCUT2D eigenvalue weighted by Gasteiger charge is -2.56. The van der Waals surface area contributed by atoms with Gasteiger partial charge in [-0.3, -0.25) is 0 Å². The van der Waals surface area contributed by atoms with Crippen LogP contribution in [-0.4, -0.2) is 40.7 Å². The maximum absolute atomic E-state index is 10.2. The van der Waals surface area contributed by atoms with Crippen LogP contribution in [0.25, 0.3) is 0 Å². The Balaban J connectivity index is 1.65. The van der Waals surface area contributed by atoms with E-state index in [1.807, 2.05) is 13.8 Å². The fourth-order valence-electron chi connectivity index (χ4n) is 3.50. The zero-order valence-electron chi connectivity index (χ0n) is 12.2. The Labute approximate surface area is 119 Å². The summed E-state index contributed by atoms with van der Waals surface area (Å²) in [5.74, 6) is 0. The van der Waals surface area contributed by atoms with E-state index in [1.165, 1.54) is 5.56 Å². The Morgan fingerprint density at radius 2 is 2.10 bits per heavy atom. The van der Waals surface area contributed by atoms with Crippen molar-refractivity contribution in [3.8, 4) is 0 Å². The van der Waals surface area contributed by atoms with E-state index in [-0.39, 0.29) is 11.5 Å². The van der Waals surface area contributed by atoms with Gasteiger partial charge in [0, 0.05) is 31.2 Å². The summed E-state index contributed by atoms with van der Waals surface area (Å²) in [7, 11) is 0. The lowest BCUT2D eigenvalue weighted by Crippen LogP contribution is -2.64. The molecule has 0 amide bonds. The number of rotatable bonds is 3. The van der Waals surface area contributed by atoms with Gasteiger partial charge in [-0.15, -0.1) is 0 Å². The van der Waals surface area contributed by atoms with E-state index in [1.54, 1.807) is 0 Å². The summed E-state index contributed by atoms with van der Waals surface area (Å²) in [6.07, 6.45) is 2.58. The second kappa shape index (κ2) is 5.39. The van der Waals surface area contributed by atoms with Crippen LogP contribution in [0, 0.1) is 19.3 Å². The first kappa shape index (κ1) is 13.9. The van der Waals surface area contributed by atoms with Gasteiger partial charge in [-0.1, -0.05) is 0 Å². The van der Waals surface area contributed by atoms with Crippen molar-refractivity contribution in [2.45, 2.75) is 51.8 Å². The van der Waals surface area contributed by atoms with Crippen LogP contribution in [-0.2, 0) is 11.3 Å². The molecule has 0 unspecified atom stereocenters. The first-order valence-corrected chi connectivity index (χ1v) is 7.41. The van der Waals surface area contributed by atoms with Crippen LogP contribution in [0.4, 0.5) is 0 Å². The zero-order chi connectivity index (χ0) is 14.2. The van der Waals surface area contributed by atoms with E-state index in [4.69, 9.17) is 4.74 Å². The summed E-state index contributed by atoms with van der Waals surface area (Å²) < 4.78 is 5.44. The monoisotopic (exact) mass is 277 g/mol. The minimum absolute atomic E-state index is 0.0294. The van der Waals surface area contributed by atoms with E-state index < -0.39 is 0 Å². The Morgan fingerprint density at radius 3 is 2.80 bits per heavy atom. The lowest BCUT2D eigenvalue weighted by atomic mass is 9.58. The molecule has 2 N–H and O–H groups in total. The number of aliphatic hydroxyl groups excluding tert-OH is 1. The van der Waals surface area contributed by atoms with Crippen molar-refractivity contribution in [1.82, 2.24) is 15.5 Å². The smallest absolute Gasteiger partial charge is 0.0645 e. The third-order valence-electron chi connectivity index (χ3n) is 4.98. The molecular weight excluding hydrogens is 254 g/mol. The predicted octanol–water partition coefficient (Wildman–Crippen LogP) is 1.11. The highest BCUT2D eigenvalue weighted by Crippen LogP contribution is 2.49. The van der Waals surface area contributed by atoms with E-state index in [0.29, 0.717) is 6.04 Å². The fourth-order valence-corrected chi connectivity index (χ4v) is 3.50. The molecule has 1 spiro atoms. The van der Waals surface area contributed by atoms with Crippen LogP contribution in [0.3, 0.4) is 0 Å². The number of aliphatic hydroxyl groups is 1. The van der Waals surface area contributed by atoms with Gasteiger partial charge in [0.05, 0.1) is 17.5 Å². The van der Waals surface area contributed by atoms with Gasteiger partial charge in [-0.05, 0) is 44.7 Å². The van der Waals surface area contributed by atoms with Crippen LogP contribution in [0.15, 0.2) is 6.07 Å². The first-order valence-electron chi connectivity index (χ1n) is 7.41. The maximum Gasteiger partial charge on any atom is 0.0645 e. The van der Waals surface area contributed by atoms with Gasteiger partial charge in [-0.25, -0.2) is 0 Å². The summed E-state index contributed by atoms with van der Waals surface area (Å²) >= 11 is 0. The van der Waals surface area contributed by atoms with Crippen molar-refractivity contribution in [3.05, 3.63) is 23.0 Å². The van der Waals surface area contributed by atoms with Gasteiger partial charge in [-0.2, -0.15) is 10.2 Å². The summed E-state index contributed by atoms with van der Waals surface area (Å²) in [4.78, 5) is 0. The van der Waals surface area contributed by atoms with E-state index in [2.05, 4.69) is 21.6 Å². The normalized spacial score (nSPS) is 28.4. The summed E-state index contributed by atoms with van der Waals surface area (Å²) in [6, 6.07) is 2.47. The van der Waals surface area contributed by atoms with Gasteiger partial charge >= 0.3 is 0 Å². The molecule has 1 aliphatic heterocycles. The average molecular weight is 277 g/mol. The van der Waals surface area contributed by atoms with Crippen LogP contribution in [0.5, 0.6) is 0 Å². The van der Waals surface area contributed by atoms with Gasteiger partial charge in [0.2, 0.25) is 0 Å². The van der Waals surface area contributed by atoms with Gasteiger partial charge in [0.15, 0.2) is 0 Å². The van der Waals surface area contributed by atoms with Crippen molar-refractivity contribution >= 4 is 0 Å². The quantitative estimate of drug-likeness (QED) is 0.866. The summed E-state index contributed by atoms with van der Waals surface area (Å²) in [5.41, 5.74) is 3.15. The highest BCUT2D eigenvalue weighted by molar-refractivity contribution is 5.20. The summed E-state index contributed by atoms with van der Waals surface area (Å²) in [5, 5.41) is 22.0. The van der Waals surface area contributed by atoms with Crippen molar-refractivity contribution in [2.75, 3.05) is 13.2 Å². The highest BCUT2D eigenvalue weighted by Gasteiger charge is 2.54. The number of hydrogen-bond donors (Lipinski definition) is 2. The van der Waals surface area contributed by atoms with Crippen LogP contribution in [0.2, 0.25) is 0 Å². The Morgan fingerprint density at radius 1 is 1.35 bits per heavy atom. The van der Waals surface area contributed by atoms with Gasteiger partial charge in [0.25, 0.3) is 0 Å². The topological polar surface area (TPSA) is 67.3 Å². The number of nitrogens with zero attached hydrogens (tertiary/aromatic N) is 2. The molecule has 1 aromatic heterocycles. The summed E-state index contributed by atoms with van der Waals surface area (Å²) in [6.45, 7) is 6.28. The molecule has 2 atom stereocenters. The molecule has 1 aliphatic carbocycles. The standard InChI is InChI=1S/C15H23N3O2/c1-10-7-12(11(2)18-17-10)9-16-13-8-14(19)15(13)3-5-20-6-4-15/h7,13-14,16,19H,3-6,8-9H2,1-2H3/t13-,14-/m1/s1. The first-order chi connectivity index (χ1) is 9.62. The molecule has 2 fully saturated rings. The van der Waals surface area contributed by atoms with E-state index in [9.17, 15) is 5.11 Å². The van der Waals surface area contributed by atoms with Crippen LogP contribution in [0.1, 0.15) is 36.2 Å². The molecule has 3 rings (SSSR count). The predicted molar refractivity (Wildman–Crippen MR) is 75.2 cm³/mol. The van der Waals surface area contributed by atoms with Crippen LogP contribution >= 0.6 is 0 Å². The molecule has 1 saturated heterocycles. The number of nitrogens with one attached hydrogen (secondary N) is 1. The average Bonchev–Trinajstić information content (AvgIpc) is 2.47. The van der Waals surface area contributed by atoms with E-state index >= 15 is 0 Å². The van der Waals surface area contributed by atoms with Crippen molar-refractivity contribution in [3.63, 3.8) is 0 Å². The third-order valence-corrected chi connectivity index (χ3v) is 4.98. The van der Waals surface area contributed by atoms with Crippen molar-refractivity contribution in [1.29, 1.82) is 0 Å². The highest BCUT2D eigenvalue weighted by atomic mass is 16.5. The molecule has 5 heteroatoms. The number of ether oxygens (including phenoxy) is 1. The minimum atomic E-state index is -0.178. The molecule has 0 aromatic carbocycles. The van der Waals surface area contributed by atoms with Crippen molar-refractivity contribution in [2.24, 2.45) is 5.41 Å². The van der Waals surface area contributed by atoms with Crippen LogP contribution < -0.4 is 5.32 Å². The molecule has 0 bridgehead atoms. The molecule has 5 nitrogen and oxygen atoms in total. The Bertz CT molecular complexity index is 486. The zero-order valence-corrected chi connectivity index (χ0v) is 12.2. The molecular formula is C15H23N3O2. The third kappa shape index (κ3) is 2.34. The molecule has 110 valence electrons. The Kier molecular flexibility index (Phi) is 3.75. The van der Waals surface area contributed by atoms with Gasteiger partial charge in [0.1, 0.15) is 0 Å². The SMILES string of the molecule is Cc1cc(CN[C@@H]2C[C@@H](O)C23CCOCC3)c(C)nn1. The van der Waals surface area contributed by atoms with E-state index in [0.717, 1.165) is 50.4 Å². The molecule has 2 aliphatic rings. The molecule has 2 heterocycles. The largest absolute Gasteiger partial charge is 0.392 e. The molecule has 0 radical (unpaired) electrons. The second-order valence-electron chi connectivity index (χ2n) is 6.13. The molecule has 20 heavy (non-hydrogen) atoms. The maximum atomic E-state index is 10.2. The molecule has 1 aromatic rings. The second-order valence-corrected chi connectivity index (χ2v) is 6.13. The molecule has 1 saturated carbocycles. The number of aromatic nitrogens is 2. The fraction of sp³-hybridized carbons (Fsp3) is 0.733.